The van der Waals surface area contributed by atoms with Crippen molar-refractivity contribution in [1.82, 2.24) is 20.2 Å². The maximum absolute atomic E-state index is 5.97. The molecule has 1 aromatic heterocycles. The van der Waals surface area contributed by atoms with Crippen molar-refractivity contribution in [3.8, 4) is 17.1 Å². The van der Waals surface area contributed by atoms with Crippen LogP contribution in [0, 0.1) is 6.92 Å². The Morgan fingerprint density at radius 1 is 1.14 bits per heavy atom. The van der Waals surface area contributed by atoms with Crippen molar-refractivity contribution in [2.75, 3.05) is 12.8 Å². The van der Waals surface area contributed by atoms with Crippen molar-refractivity contribution in [3.63, 3.8) is 0 Å². The maximum Gasteiger partial charge on any atom is 0.182 e. The summed E-state index contributed by atoms with van der Waals surface area (Å²) >= 11 is 0. The Morgan fingerprint density at radius 2 is 1.91 bits per heavy atom. The summed E-state index contributed by atoms with van der Waals surface area (Å²) in [6, 6.07) is 13.7. The van der Waals surface area contributed by atoms with Gasteiger partial charge in [-0.3, -0.25) is 0 Å². The van der Waals surface area contributed by atoms with Gasteiger partial charge >= 0.3 is 0 Å². The van der Waals surface area contributed by atoms with Crippen LogP contribution in [-0.4, -0.2) is 27.3 Å². The molecule has 0 atom stereocenters. The van der Waals surface area contributed by atoms with Gasteiger partial charge in [-0.15, -0.1) is 5.10 Å². The lowest BCUT2D eigenvalue weighted by Crippen LogP contribution is -2.04. The fourth-order valence-electron chi connectivity index (χ4n) is 2.20. The van der Waals surface area contributed by atoms with Crippen molar-refractivity contribution in [1.29, 1.82) is 0 Å². The molecule has 3 rings (SSSR count). The average molecular weight is 295 g/mol. The second-order valence-corrected chi connectivity index (χ2v) is 5.08. The quantitative estimate of drug-likeness (QED) is 0.747. The zero-order valence-corrected chi connectivity index (χ0v) is 12.5. The summed E-state index contributed by atoms with van der Waals surface area (Å²) in [6.07, 6.45) is 0. The first-order valence-electron chi connectivity index (χ1n) is 6.93. The van der Waals surface area contributed by atoms with Gasteiger partial charge in [0.05, 0.1) is 13.7 Å². The van der Waals surface area contributed by atoms with Crippen molar-refractivity contribution < 1.29 is 4.74 Å². The fraction of sp³-hybridized carbons (Fsp3) is 0.188. The molecular weight excluding hydrogens is 278 g/mol. The minimum absolute atomic E-state index is 0.583. The van der Waals surface area contributed by atoms with E-state index in [0.29, 0.717) is 12.4 Å². The number of nitrogens with zero attached hydrogens (tertiary/aromatic N) is 4. The molecule has 6 heteroatoms. The molecule has 0 unspecified atom stereocenters. The molecule has 0 spiro atoms. The third-order valence-electron chi connectivity index (χ3n) is 3.56. The average Bonchev–Trinajstić information content (AvgIpc) is 2.99. The number of nitrogen functional groups attached to an aromatic ring is 1. The van der Waals surface area contributed by atoms with Crippen LogP contribution in [0.25, 0.3) is 11.4 Å². The van der Waals surface area contributed by atoms with Crippen LogP contribution in [0.2, 0.25) is 0 Å². The van der Waals surface area contributed by atoms with Crippen molar-refractivity contribution >= 4 is 5.69 Å². The third-order valence-corrected chi connectivity index (χ3v) is 3.56. The summed E-state index contributed by atoms with van der Waals surface area (Å²) in [5, 5.41) is 12.0. The lowest BCUT2D eigenvalue weighted by Gasteiger charge is -2.07. The van der Waals surface area contributed by atoms with Crippen LogP contribution >= 0.6 is 0 Å². The van der Waals surface area contributed by atoms with Gasteiger partial charge < -0.3 is 10.5 Å². The van der Waals surface area contributed by atoms with E-state index < -0.39 is 0 Å². The zero-order chi connectivity index (χ0) is 15.5. The number of benzene rings is 2. The monoisotopic (exact) mass is 295 g/mol. The van der Waals surface area contributed by atoms with Crippen LogP contribution in [-0.2, 0) is 6.54 Å². The molecule has 22 heavy (non-hydrogen) atoms. The van der Waals surface area contributed by atoms with Gasteiger partial charge in [-0.2, -0.15) is 0 Å². The van der Waals surface area contributed by atoms with E-state index in [2.05, 4.69) is 15.5 Å². The maximum atomic E-state index is 5.97. The van der Waals surface area contributed by atoms with E-state index in [1.54, 1.807) is 11.8 Å². The number of rotatable bonds is 4. The van der Waals surface area contributed by atoms with Gasteiger partial charge in [0.2, 0.25) is 0 Å². The first-order chi connectivity index (χ1) is 10.7. The molecule has 0 amide bonds. The number of nitrogens with two attached hydrogens (primary N) is 1. The van der Waals surface area contributed by atoms with E-state index in [1.165, 1.54) is 0 Å². The molecular formula is C16H17N5O. The number of ether oxygens (including phenoxy) is 1. The SMILES string of the molecule is COc1ccc(Cn2nnnc2-c2ccc(C)c(N)c2)cc1. The predicted octanol–water partition coefficient (Wildman–Crippen LogP) is 2.29. The lowest BCUT2D eigenvalue weighted by atomic mass is 10.1. The number of tetrazole rings is 1. The number of hydrogen-bond donors (Lipinski definition) is 1. The number of anilines is 1. The molecule has 3 aromatic rings. The first-order valence-corrected chi connectivity index (χ1v) is 6.93. The molecule has 0 aliphatic rings. The van der Waals surface area contributed by atoms with E-state index in [0.717, 1.165) is 28.1 Å². The second-order valence-electron chi connectivity index (χ2n) is 5.08. The first kappa shape index (κ1) is 14.1. The smallest absolute Gasteiger partial charge is 0.182 e. The Kier molecular flexibility index (Phi) is 3.74. The molecule has 112 valence electrons. The highest BCUT2D eigenvalue weighted by molar-refractivity contribution is 5.63. The van der Waals surface area contributed by atoms with Gasteiger partial charge in [0.1, 0.15) is 5.75 Å². The van der Waals surface area contributed by atoms with Gasteiger partial charge in [0, 0.05) is 11.3 Å². The highest BCUT2D eigenvalue weighted by atomic mass is 16.5. The molecule has 0 saturated heterocycles. The van der Waals surface area contributed by atoms with Gasteiger partial charge in [0.15, 0.2) is 5.82 Å². The lowest BCUT2D eigenvalue weighted by molar-refractivity contribution is 0.414. The number of methoxy groups -OCH3 is 1. The van der Waals surface area contributed by atoms with Crippen LogP contribution in [0.15, 0.2) is 42.5 Å². The summed E-state index contributed by atoms with van der Waals surface area (Å²) in [7, 11) is 1.65. The predicted molar refractivity (Wildman–Crippen MR) is 84.5 cm³/mol. The highest BCUT2D eigenvalue weighted by Crippen LogP contribution is 2.22. The van der Waals surface area contributed by atoms with E-state index >= 15 is 0 Å². The number of aryl methyl sites for hydroxylation is 1. The van der Waals surface area contributed by atoms with Crippen molar-refractivity contribution in [3.05, 3.63) is 53.6 Å². The van der Waals surface area contributed by atoms with Crippen LogP contribution in [0.4, 0.5) is 5.69 Å². The van der Waals surface area contributed by atoms with E-state index in [-0.39, 0.29) is 0 Å². The molecule has 0 saturated carbocycles. The van der Waals surface area contributed by atoms with Gasteiger partial charge in [0.25, 0.3) is 0 Å². The highest BCUT2D eigenvalue weighted by Gasteiger charge is 2.10. The number of hydrogen-bond acceptors (Lipinski definition) is 5. The van der Waals surface area contributed by atoms with Crippen LogP contribution in [0.1, 0.15) is 11.1 Å². The molecule has 0 bridgehead atoms. The van der Waals surface area contributed by atoms with Crippen molar-refractivity contribution in [2.24, 2.45) is 0 Å². The number of aromatic nitrogens is 4. The molecule has 0 aliphatic carbocycles. The minimum Gasteiger partial charge on any atom is -0.497 e. The fourth-order valence-corrected chi connectivity index (χ4v) is 2.20. The largest absolute Gasteiger partial charge is 0.497 e. The van der Waals surface area contributed by atoms with Gasteiger partial charge in [-0.25, -0.2) is 4.68 Å². The summed E-state index contributed by atoms with van der Waals surface area (Å²) in [4.78, 5) is 0. The normalized spacial score (nSPS) is 10.6. The van der Waals surface area contributed by atoms with Crippen LogP contribution < -0.4 is 10.5 Å². The molecule has 1 heterocycles. The summed E-state index contributed by atoms with van der Waals surface area (Å²) in [5.41, 5.74) is 9.74. The van der Waals surface area contributed by atoms with Crippen LogP contribution in [0.5, 0.6) is 5.75 Å². The Bertz CT molecular complexity index is 779. The van der Waals surface area contributed by atoms with E-state index in [9.17, 15) is 0 Å². The van der Waals surface area contributed by atoms with Crippen LogP contribution in [0.3, 0.4) is 0 Å². The Balaban J connectivity index is 1.89. The van der Waals surface area contributed by atoms with Gasteiger partial charge in [-0.1, -0.05) is 24.3 Å². The Morgan fingerprint density at radius 3 is 2.59 bits per heavy atom. The summed E-state index contributed by atoms with van der Waals surface area (Å²) in [5.74, 6) is 1.52. The van der Waals surface area contributed by atoms with Gasteiger partial charge in [-0.05, 0) is 46.7 Å². The molecule has 6 nitrogen and oxygen atoms in total. The van der Waals surface area contributed by atoms with E-state index in [4.69, 9.17) is 10.5 Å². The molecule has 2 N–H and O–H groups in total. The topological polar surface area (TPSA) is 78.8 Å². The Hall–Kier alpha value is -2.89. The molecule has 0 radical (unpaired) electrons. The molecule has 0 aliphatic heterocycles. The minimum atomic E-state index is 0.583. The molecule has 0 fully saturated rings. The van der Waals surface area contributed by atoms with E-state index in [1.807, 2.05) is 49.4 Å². The summed E-state index contributed by atoms with van der Waals surface area (Å²) < 4.78 is 6.92. The third kappa shape index (κ3) is 2.76. The second kappa shape index (κ2) is 5.85. The molecule has 2 aromatic carbocycles. The summed E-state index contributed by atoms with van der Waals surface area (Å²) in [6.45, 7) is 2.56. The Labute approximate surface area is 128 Å². The van der Waals surface area contributed by atoms with Crippen molar-refractivity contribution in [2.45, 2.75) is 13.5 Å². The zero-order valence-electron chi connectivity index (χ0n) is 12.5. The standard InChI is InChI=1S/C16H17N5O/c1-11-3-6-13(9-15(11)17)16-18-19-20-21(16)10-12-4-7-14(22-2)8-5-12/h3-9H,10,17H2,1-2H3.